The Kier molecular flexibility index (Phi) is 8.34. The predicted molar refractivity (Wildman–Crippen MR) is 130 cm³/mol. The van der Waals surface area contributed by atoms with Crippen molar-refractivity contribution in [3.63, 3.8) is 0 Å². The van der Waals surface area contributed by atoms with E-state index in [1.54, 1.807) is 36.4 Å². The molecule has 3 N–H and O–H groups in total. The minimum atomic E-state index is -3.56. The van der Waals surface area contributed by atoms with Gasteiger partial charge in [0.15, 0.2) is 0 Å². The Balaban J connectivity index is 1.55. The zero-order valence-corrected chi connectivity index (χ0v) is 19.2. The molecule has 3 rings (SSSR count). The molecule has 0 saturated heterocycles. The number of carbonyl (C=O) groups excluding carboxylic acids is 2. The molecular formula is C25H27N3O4S. The van der Waals surface area contributed by atoms with E-state index in [4.69, 9.17) is 0 Å². The summed E-state index contributed by atoms with van der Waals surface area (Å²) in [5, 5.41) is 5.55. The first-order chi connectivity index (χ1) is 15.9. The second-order valence-electron chi connectivity index (χ2n) is 7.52. The summed E-state index contributed by atoms with van der Waals surface area (Å²) in [4.78, 5) is 24.8. The first-order valence-electron chi connectivity index (χ1n) is 10.7. The molecule has 0 fully saturated rings. The van der Waals surface area contributed by atoms with E-state index in [-0.39, 0.29) is 23.1 Å². The van der Waals surface area contributed by atoms with Gasteiger partial charge in [-0.3, -0.25) is 9.59 Å². The van der Waals surface area contributed by atoms with Gasteiger partial charge < -0.3 is 10.6 Å². The van der Waals surface area contributed by atoms with Crippen LogP contribution < -0.4 is 15.4 Å². The summed E-state index contributed by atoms with van der Waals surface area (Å²) in [6.07, 6.45) is 1.93. The van der Waals surface area contributed by atoms with E-state index in [0.29, 0.717) is 23.5 Å². The molecule has 0 heterocycles. The second kappa shape index (κ2) is 11.4. The monoisotopic (exact) mass is 465 g/mol. The lowest BCUT2D eigenvalue weighted by molar-refractivity contribution is -0.115. The lowest BCUT2D eigenvalue weighted by Gasteiger charge is -2.09. The zero-order chi connectivity index (χ0) is 23.7. The largest absolute Gasteiger partial charge is 0.326 e. The van der Waals surface area contributed by atoms with Crippen LogP contribution in [0.15, 0.2) is 83.8 Å². The van der Waals surface area contributed by atoms with Gasteiger partial charge >= 0.3 is 0 Å². The van der Waals surface area contributed by atoms with Crippen LogP contribution in [0.5, 0.6) is 0 Å². The fraction of sp³-hybridized carbons (Fsp3) is 0.200. The minimum Gasteiger partial charge on any atom is -0.326 e. The number of rotatable bonds is 10. The standard InChI is InChI=1S/C25H27N3O4S/c1-2-3-17-26-33(31,32)23-15-13-22(14-16-23)28-25(30)20-9-11-21(12-10-20)27-24(29)18-19-7-5-4-6-8-19/h4-16,26H,2-3,17-18H2,1H3,(H,27,29)(H,28,30). The molecule has 0 radical (unpaired) electrons. The number of hydrogen-bond donors (Lipinski definition) is 3. The van der Waals surface area contributed by atoms with E-state index >= 15 is 0 Å². The Hall–Kier alpha value is -3.49. The molecule has 0 bridgehead atoms. The summed E-state index contributed by atoms with van der Waals surface area (Å²) in [6, 6.07) is 22.0. The molecule has 0 aliphatic heterocycles. The maximum Gasteiger partial charge on any atom is 0.255 e. The number of anilines is 2. The summed E-state index contributed by atoms with van der Waals surface area (Å²) < 4.78 is 27.0. The van der Waals surface area contributed by atoms with Gasteiger partial charge in [-0.2, -0.15) is 0 Å². The van der Waals surface area contributed by atoms with Crippen molar-refractivity contribution in [2.24, 2.45) is 0 Å². The predicted octanol–water partition coefficient (Wildman–Crippen LogP) is 4.20. The molecule has 0 aromatic heterocycles. The summed E-state index contributed by atoms with van der Waals surface area (Å²) in [7, 11) is -3.56. The number of amides is 2. The Morgan fingerprint density at radius 1 is 0.788 bits per heavy atom. The molecular weight excluding hydrogens is 438 g/mol. The molecule has 0 atom stereocenters. The maximum absolute atomic E-state index is 12.5. The van der Waals surface area contributed by atoms with Crippen molar-refractivity contribution in [1.82, 2.24) is 4.72 Å². The SMILES string of the molecule is CCCCNS(=O)(=O)c1ccc(NC(=O)c2ccc(NC(=O)Cc3ccccc3)cc2)cc1. The third kappa shape index (κ3) is 7.27. The number of carbonyl (C=O) groups is 2. The van der Waals surface area contributed by atoms with Crippen molar-refractivity contribution < 1.29 is 18.0 Å². The smallest absolute Gasteiger partial charge is 0.255 e. The number of benzene rings is 3. The van der Waals surface area contributed by atoms with Crippen LogP contribution in [0.4, 0.5) is 11.4 Å². The van der Waals surface area contributed by atoms with E-state index in [0.717, 1.165) is 18.4 Å². The Morgan fingerprint density at radius 3 is 2.03 bits per heavy atom. The number of hydrogen-bond acceptors (Lipinski definition) is 4. The quantitative estimate of drug-likeness (QED) is 0.390. The normalized spacial score (nSPS) is 11.1. The van der Waals surface area contributed by atoms with Crippen molar-refractivity contribution in [2.75, 3.05) is 17.2 Å². The van der Waals surface area contributed by atoms with Gasteiger partial charge in [-0.05, 0) is 60.5 Å². The molecule has 0 unspecified atom stereocenters. The molecule has 0 aliphatic carbocycles. The lowest BCUT2D eigenvalue weighted by atomic mass is 10.1. The fourth-order valence-corrected chi connectivity index (χ4v) is 4.15. The van der Waals surface area contributed by atoms with Crippen LogP contribution in [0.25, 0.3) is 0 Å². The van der Waals surface area contributed by atoms with Gasteiger partial charge in [-0.25, -0.2) is 13.1 Å². The molecule has 2 amide bonds. The second-order valence-corrected chi connectivity index (χ2v) is 9.28. The average Bonchev–Trinajstić information content (AvgIpc) is 2.80. The molecule has 8 heteroatoms. The molecule has 172 valence electrons. The molecule has 3 aromatic carbocycles. The molecule has 3 aromatic rings. The van der Waals surface area contributed by atoms with Crippen LogP contribution >= 0.6 is 0 Å². The fourth-order valence-electron chi connectivity index (χ4n) is 3.08. The van der Waals surface area contributed by atoms with E-state index in [1.807, 2.05) is 37.3 Å². The Labute approximate surface area is 194 Å². The third-order valence-electron chi connectivity index (χ3n) is 4.88. The van der Waals surface area contributed by atoms with Crippen LogP contribution in [0.2, 0.25) is 0 Å². The van der Waals surface area contributed by atoms with E-state index < -0.39 is 10.0 Å². The Morgan fingerprint density at radius 2 is 1.39 bits per heavy atom. The zero-order valence-electron chi connectivity index (χ0n) is 18.4. The van der Waals surface area contributed by atoms with Gasteiger partial charge in [-0.15, -0.1) is 0 Å². The first kappa shape index (κ1) is 24.2. The molecule has 0 aliphatic rings. The van der Waals surface area contributed by atoms with Gasteiger partial charge in [-0.1, -0.05) is 43.7 Å². The highest BCUT2D eigenvalue weighted by Crippen LogP contribution is 2.16. The first-order valence-corrected chi connectivity index (χ1v) is 12.2. The summed E-state index contributed by atoms with van der Waals surface area (Å²) in [5.41, 5.74) is 2.40. The van der Waals surface area contributed by atoms with Gasteiger partial charge in [0.05, 0.1) is 11.3 Å². The van der Waals surface area contributed by atoms with Crippen LogP contribution in [0.1, 0.15) is 35.7 Å². The topological polar surface area (TPSA) is 104 Å². The highest BCUT2D eigenvalue weighted by Gasteiger charge is 2.14. The van der Waals surface area contributed by atoms with Crippen molar-refractivity contribution in [2.45, 2.75) is 31.1 Å². The van der Waals surface area contributed by atoms with E-state index in [1.165, 1.54) is 12.1 Å². The van der Waals surface area contributed by atoms with Gasteiger partial charge in [0.2, 0.25) is 15.9 Å². The van der Waals surface area contributed by atoms with Crippen molar-refractivity contribution in [3.8, 4) is 0 Å². The van der Waals surface area contributed by atoms with Crippen molar-refractivity contribution in [3.05, 3.63) is 90.0 Å². The lowest BCUT2D eigenvalue weighted by Crippen LogP contribution is -2.24. The molecule has 33 heavy (non-hydrogen) atoms. The highest BCUT2D eigenvalue weighted by atomic mass is 32.2. The van der Waals surface area contributed by atoms with Gasteiger partial charge in [0.25, 0.3) is 5.91 Å². The summed E-state index contributed by atoms with van der Waals surface area (Å²) in [6.45, 7) is 2.38. The summed E-state index contributed by atoms with van der Waals surface area (Å²) >= 11 is 0. The highest BCUT2D eigenvalue weighted by molar-refractivity contribution is 7.89. The number of unbranched alkanes of at least 4 members (excludes halogenated alkanes) is 1. The number of nitrogens with one attached hydrogen (secondary N) is 3. The molecule has 0 spiro atoms. The van der Waals surface area contributed by atoms with Crippen LogP contribution in [0, 0.1) is 0 Å². The third-order valence-corrected chi connectivity index (χ3v) is 6.36. The maximum atomic E-state index is 12.5. The van der Waals surface area contributed by atoms with Gasteiger partial charge in [0.1, 0.15) is 0 Å². The summed E-state index contributed by atoms with van der Waals surface area (Å²) in [5.74, 6) is -0.480. The van der Waals surface area contributed by atoms with Crippen LogP contribution in [-0.2, 0) is 21.2 Å². The van der Waals surface area contributed by atoms with Gasteiger partial charge in [0, 0.05) is 23.5 Å². The van der Waals surface area contributed by atoms with Crippen molar-refractivity contribution >= 4 is 33.2 Å². The van der Waals surface area contributed by atoms with Crippen LogP contribution in [-0.4, -0.2) is 26.8 Å². The molecule has 0 saturated carbocycles. The van der Waals surface area contributed by atoms with E-state index in [9.17, 15) is 18.0 Å². The van der Waals surface area contributed by atoms with Crippen molar-refractivity contribution in [1.29, 1.82) is 0 Å². The van der Waals surface area contributed by atoms with Crippen LogP contribution in [0.3, 0.4) is 0 Å². The Bertz CT molecular complexity index is 1180. The number of sulfonamides is 1. The minimum absolute atomic E-state index is 0.141. The average molecular weight is 466 g/mol. The molecule has 7 nitrogen and oxygen atoms in total. The van der Waals surface area contributed by atoms with E-state index in [2.05, 4.69) is 15.4 Å².